The number of nitrogens with one attached hydrogen (secondary N) is 1. The van der Waals surface area contributed by atoms with Crippen molar-refractivity contribution in [3.63, 3.8) is 0 Å². The molecule has 1 saturated heterocycles. The molecule has 6 N–H and O–H groups in total. The zero-order valence-corrected chi connectivity index (χ0v) is 9.05. The van der Waals surface area contributed by atoms with E-state index in [4.69, 9.17) is 15.6 Å². The van der Waals surface area contributed by atoms with Crippen molar-refractivity contribution in [3.8, 4) is 0 Å². The smallest absolute Gasteiger partial charge is 0.335 e. The van der Waals surface area contributed by atoms with Crippen molar-refractivity contribution in [1.82, 2.24) is 10.2 Å². The van der Waals surface area contributed by atoms with Gasteiger partial charge in [0.15, 0.2) is 18.3 Å². The minimum atomic E-state index is -1.62. The molecule has 2 amide bonds. The van der Waals surface area contributed by atoms with Gasteiger partial charge >= 0.3 is 12.0 Å². The number of ether oxygens (including phenoxy) is 1. The maximum Gasteiger partial charge on any atom is 0.335 e. The average Bonchev–Trinajstić information content (AvgIpc) is 2.57. The predicted molar refractivity (Wildman–Crippen MR) is 55.2 cm³/mol. The maximum atomic E-state index is 11.6. The van der Waals surface area contributed by atoms with Gasteiger partial charge in [-0.15, -0.1) is 0 Å². The minimum absolute atomic E-state index is 0.0842. The van der Waals surface area contributed by atoms with Crippen molar-refractivity contribution in [2.75, 3.05) is 6.67 Å². The summed E-state index contributed by atoms with van der Waals surface area (Å²) < 4.78 is 4.95. The molecule has 0 aromatic heterocycles. The van der Waals surface area contributed by atoms with E-state index < -0.39 is 36.5 Å². The van der Waals surface area contributed by atoms with Crippen LogP contribution in [-0.4, -0.2) is 69.4 Å². The summed E-state index contributed by atoms with van der Waals surface area (Å²) in [5.74, 6) is -1.51. The number of aliphatic hydroxyl groups is 2. The number of carbonyl (C=O) groups is 2. The van der Waals surface area contributed by atoms with E-state index >= 15 is 0 Å². The van der Waals surface area contributed by atoms with E-state index in [1.165, 1.54) is 0 Å². The molecule has 0 aliphatic carbocycles. The Morgan fingerprint density at radius 1 is 1.50 bits per heavy atom. The number of urea groups is 1. The summed E-state index contributed by atoms with van der Waals surface area (Å²) in [7, 11) is 0. The first-order valence-corrected chi connectivity index (χ1v) is 5.03. The van der Waals surface area contributed by atoms with Crippen LogP contribution in [0.5, 0.6) is 0 Å². The van der Waals surface area contributed by atoms with Crippen LogP contribution in [-0.2, 0) is 9.53 Å². The number of hydrogen-bond donors (Lipinski definition) is 5. The van der Waals surface area contributed by atoms with Gasteiger partial charge in [0.1, 0.15) is 18.9 Å². The fourth-order valence-corrected chi connectivity index (χ4v) is 1.75. The Bertz CT molecular complexity index is 412. The zero-order valence-electron chi connectivity index (χ0n) is 9.05. The van der Waals surface area contributed by atoms with Crippen LogP contribution >= 0.6 is 0 Å². The number of hydrogen-bond acceptors (Lipinski definition) is 7. The molecule has 0 aromatic rings. The van der Waals surface area contributed by atoms with E-state index in [9.17, 15) is 19.8 Å². The quantitative estimate of drug-likeness (QED) is 0.350. The molecule has 10 heteroatoms. The number of carboxylic acids is 1. The molecule has 10 nitrogen and oxygen atoms in total. The summed E-state index contributed by atoms with van der Waals surface area (Å²) >= 11 is 0. The second kappa shape index (κ2) is 4.40. The summed E-state index contributed by atoms with van der Waals surface area (Å²) in [6.45, 7) is -0.196. The Labute approximate surface area is 101 Å². The third-order valence-electron chi connectivity index (χ3n) is 2.68. The lowest BCUT2D eigenvalue weighted by molar-refractivity contribution is -0.156. The second-order valence-electron chi connectivity index (χ2n) is 3.85. The summed E-state index contributed by atoms with van der Waals surface area (Å²) in [4.78, 5) is 27.0. The fraction of sp³-hybridized carbons (Fsp3) is 0.625. The lowest BCUT2D eigenvalue weighted by Crippen LogP contribution is -2.56. The molecule has 18 heavy (non-hydrogen) atoms. The molecule has 0 saturated carbocycles. The maximum absolute atomic E-state index is 11.6. The molecule has 2 heterocycles. The molecular weight excluding hydrogens is 248 g/mol. The van der Waals surface area contributed by atoms with Gasteiger partial charge in [-0.05, 0) is 0 Å². The van der Waals surface area contributed by atoms with Gasteiger partial charge in [0, 0.05) is 0 Å². The molecule has 0 spiro atoms. The van der Waals surface area contributed by atoms with Crippen molar-refractivity contribution in [2.24, 2.45) is 10.7 Å². The number of aliphatic imine (C=N–C) groups is 1. The Hall–Kier alpha value is -1.91. The number of carboxylic acid groups (broad SMARTS) is 1. The van der Waals surface area contributed by atoms with Crippen molar-refractivity contribution in [1.29, 1.82) is 0 Å². The van der Waals surface area contributed by atoms with Crippen LogP contribution in [0, 0.1) is 0 Å². The molecule has 1 fully saturated rings. The third kappa shape index (κ3) is 1.96. The van der Waals surface area contributed by atoms with E-state index in [0.29, 0.717) is 0 Å². The van der Waals surface area contributed by atoms with Crippen LogP contribution in [0.2, 0.25) is 0 Å². The Morgan fingerprint density at radius 2 is 2.17 bits per heavy atom. The minimum Gasteiger partial charge on any atom is -0.479 e. The number of amides is 2. The third-order valence-corrected chi connectivity index (χ3v) is 2.68. The highest BCUT2D eigenvalue weighted by Gasteiger charge is 2.50. The first-order valence-electron chi connectivity index (χ1n) is 5.03. The fourth-order valence-electron chi connectivity index (χ4n) is 1.75. The van der Waals surface area contributed by atoms with Crippen molar-refractivity contribution in [2.45, 2.75) is 24.5 Å². The van der Waals surface area contributed by atoms with E-state index in [1.807, 2.05) is 0 Å². The van der Waals surface area contributed by atoms with Gasteiger partial charge < -0.3 is 25.8 Å². The first-order chi connectivity index (χ1) is 8.41. The topological polar surface area (TPSA) is 158 Å². The van der Waals surface area contributed by atoms with Gasteiger partial charge in [0.25, 0.3) is 0 Å². The molecule has 0 aromatic carbocycles. The highest BCUT2D eigenvalue weighted by molar-refractivity contribution is 5.97. The standard InChI is InChI=1S/C8H12N4O6/c9-7-10-1-12(8(17)11-7)5-3(14)2(13)4(18-5)6(15)16/h2-5,13-14H,1H2,(H,15,16)(H3,9,10,11,17)/t2-,3+,4-,5+/m0/s1. The normalized spacial score (nSPS) is 36.2. The molecule has 2 rings (SSSR count). The summed E-state index contributed by atoms with van der Waals surface area (Å²) in [5.41, 5.74) is 5.27. The van der Waals surface area contributed by atoms with Crippen molar-refractivity contribution >= 4 is 18.0 Å². The van der Waals surface area contributed by atoms with Crippen LogP contribution in [0.4, 0.5) is 4.79 Å². The number of guanidine groups is 1. The van der Waals surface area contributed by atoms with Gasteiger partial charge in [0.05, 0.1) is 0 Å². The second-order valence-corrected chi connectivity index (χ2v) is 3.85. The van der Waals surface area contributed by atoms with E-state index in [-0.39, 0.29) is 12.6 Å². The van der Waals surface area contributed by atoms with Crippen LogP contribution in [0.15, 0.2) is 4.99 Å². The largest absolute Gasteiger partial charge is 0.479 e. The number of rotatable bonds is 2. The number of carbonyl (C=O) groups excluding carboxylic acids is 1. The van der Waals surface area contributed by atoms with Crippen LogP contribution in [0.3, 0.4) is 0 Å². The monoisotopic (exact) mass is 260 g/mol. The molecule has 0 radical (unpaired) electrons. The zero-order chi connectivity index (χ0) is 13.4. The highest BCUT2D eigenvalue weighted by atomic mass is 16.6. The molecule has 0 unspecified atom stereocenters. The van der Waals surface area contributed by atoms with Gasteiger partial charge in [-0.25, -0.2) is 14.6 Å². The number of aliphatic hydroxyl groups excluding tert-OH is 2. The molecule has 0 bridgehead atoms. The Kier molecular flexibility index (Phi) is 3.07. The Balaban J connectivity index is 2.15. The predicted octanol–water partition coefficient (Wildman–Crippen LogP) is -3.18. The number of nitrogens with zero attached hydrogens (tertiary/aromatic N) is 2. The van der Waals surface area contributed by atoms with Gasteiger partial charge in [-0.3, -0.25) is 10.2 Å². The Morgan fingerprint density at radius 3 is 2.67 bits per heavy atom. The van der Waals surface area contributed by atoms with Gasteiger partial charge in [0.2, 0.25) is 0 Å². The SMILES string of the molecule is NC1=NCN([C@@H]2O[C@H](C(=O)O)[C@@H](O)[C@H]2O)C(=O)N1. The van der Waals surface area contributed by atoms with Crippen LogP contribution in [0.25, 0.3) is 0 Å². The van der Waals surface area contributed by atoms with Crippen molar-refractivity contribution in [3.05, 3.63) is 0 Å². The van der Waals surface area contributed by atoms with E-state index in [2.05, 4.69) is 10.3 Å². The van der Waals surface area contributed by atoms with Gasteiger partial charge in [-0.1, -0.05) is 0 Å². The summed E-state index contributed by atoms with van der Waals surface area (Å²) in [5, 5.41) is 30.1. The molecule has 2 aliphatic heterocycles. The molecule has 2 aliphatic rings. The highest BCUT2D eigenvalue weighted by Crippen LogP contribution is 2.25. The van der Waals surface area contributed by atoms with E-state index in [0.717, 1.165) is 4.90 Å². The number of aliphatic carboxylic acids is 1. The van der Waals surface area contributed by atoms with Crippen molar-refractivity contribution < 1.29 is 29.6 Å². The molecule has 4 atom stereocenters. The lowest BCUT2D eigenvalue weighted by Gasteiger charge is -2.31. The average molecular weight is 260 g/mol. The molecule has 100 valence electrons. The van der Waals surface area contributed by atoms with E-state index in [1.54, 1.807) is 0 Å². The van der Waals surface area contributed by atoms with Crippen LogP contribution < -0.4 is 11.1 Å². The lowest BCUT2D eigenvalue weighted by atomic mass is 10.1. The summed E-state index contributed by atoms with van der Waals surface area (Å²) in [6, 6.07) is -0.690. The van der Waals surface area contributed by atoms with Crippen LogP contribution in [0.1, 0.15) is 0 Å². The first kappa shape index (κ1) is 12.5. The summed E-state index contributed by atoms with van der Waals surface area (Å²) in [6.07, 6.45) is -6.05. The number of nitrogens with two attached hydrogens (primary N) is 1. The van der Waals surface area contributed by atoms with Gasteiger partial charge in [-0.2, -0.15) is 0 Å². The molecular formula is C8H12N4O6.